The first-order valence-corrected chi connectivity index (χ1v) is 16.1. The Labute approximate surface area is 279 Å². The summed E-state index contributed by atoms with van der Waals surface area (Å²) in [5.41, 5.74) is 3.21. The number of hydrogen-bond donors (Lipinski definition) is 2. The van der Waals surface area contributed by atoms with Crippen LogP contribution in [0.25, 0.3) is 0 Å². The molecule has 48 heavy (non-hydrogen) atoms. The zero-order valence-electron chi connectivity index (χ0n) is 27.2. The predicted molar refractivity (Wildman–Crippen MR) is 185 cm³/mol. The molecule has 0 aliphatic carbocycles. The lowest BCUT2D eigenvalue weighted by molar-refractivity contribution is -0.111. The van der Waals surface area contributed by atoms with Crippen LogP contribution >= 0.6 is 0 Å². The van der Waals surface area contributed by atoms with Gasteiger partial charge in [-0.3, -0.25) is 9.63 Å². The van der Waals surface area contributed by atoms with Crippen LogP contribution in [0.5, 0.6) is 17.2 Å². The number of hydroxylamine groups is 1. The van der Waals surface area contributed by atoms with Crippen LogP contribution in [0.3, 0.4) is 0 Å². The number of nitrogens with zero attached hydrogens (tertiary/aromatic N) is 5. The molecule has 3 aromatic carbocycles. The second kappa shape index (κ2) is 15.1. The number of halogens is 1. The van der Waals surface area contributed by atoms with Crippen LogP contribution in [0, 0.1) is 5.82 Å². The molecule has 1 aromatic heterocycles. The molecular formula is C36H40FN7O4. The number of rotatable bonds is 12. The van der Waals surface area contributed by atoms with E-state index in [0.717, 1.165) is 50.4 Å². The lowest BCUT2D eigenvalue weighted by Crippen LogP contribution is -2.46. The fourth-order valence-electron chi connectivity index (χ4n) is 5.98. The Bertz CT molecular complexity index is 1750. The number of anilines is 5. The summed E-state index contributed by atoms with van der Waals surface area (Å²) in [6, 6.07) is 19.5. The molecule has 1 unspecified atom stereocenters. The molecule has 2 aliphatic rings. The maximum atomic E-state index is 13.7. The Kier molecular flexibility index (Phi) is 10.3. The number of methoxy groups -OCH3 is 1. The summed E-state index contributed by atoms with van der Waals surface area (Å²) in [4.78, 5) is 32.1. The number of carbonyl (C=O) groups is 1. The van der Waals surface area contributed by atoms with Gasteiger partial charge in [0.05, 0.1) is 36.8 Å². The van der Waals surface area contributed by atoms with Gasteiger partial charge in [0.2, 0.25) is 5.91 Å². The van der Waals surface area contributed by atoms with Crippen LogP contribution in [0.4, 0.5) is 33.1 Å². The minimum Gasteiger partial charge on any atom is -0.494 e. The molecule has 0 spiro atoms. The minimum atomic E-state index is -0.350. The molecule has 2 aliphatic heterocycles. The molecule has 4 aromatic rings. The summed E-state index contributed by atoms with van der Waals surface area (Å²) >= 11 is 0. The van der Waals surface area contributed by atoms with Gasteiger partial charge in [-0.2, -0.15) is 0 Å². The third kappa shape index (κ3) is 7.84. The molecule has 6 rings (SSSR count). The molecule has 250 valence electrons. The van der Waals surface area contributed by atoms with E-state index in [1.165, 1.54) is 24.5 Å². The van der Waals surface area contributed by atoms with E-state index >= 15 is 0 Å². The van der Waals surface area contributed by atoms with Crippen LogP contribution in [0.1, 0.15) is 18.9 Å². The fraction of sp³-hybridized carbons (Fsp3) is 0.306. The van der Waals surface area contributed by atoms with Gasteiger partial charge in [0.25, 0.3) is 0 Å². The van der Waals surface area contributed by atoms with E-state index in [2.05, 4.69) is 43.9 Å². The Hall–Kier alpha value is -5.20. The van der Waals surface area contributed by atoms with Gasteiger partial charge in [-0.25, -0.2) is 19.4 Å². The van der Waals surface area contributed by atoms with E-state index in [4.69, 9.17) is 14.3 Å². The van der Waals surface area contributed by atoms with Crippen molar-refractivity contribution in [3.8, 4) is 17.2 Å². The van der Waals surface area contributed by atoms with Gasteiger partial charge < -0.3 is 29.9 Å². The van der Waals surface area contributed by atoms with Crippen LogP contribution in [0.2, 0.25) is 0 Å². The van der Waals surface area contributed by atoms with E-state index in [1.807, 2.05) is 47.5 Å². The van der Waals surface area contributed by atoms with Crippen molar-refractivity contribution in [2.45, 2.75) is 25.8 Å². The molecule has 0 saturated carbocycles. The smallest absolute Gasteiger partial charge is 0.247 e. The van der Waals surface area contributed by atoms with Crippen LogP contribution < -0.4 is 30.1 Å². The number of carbonyl (C=O) groups excluding carboxylic acids is 1. The molecular weight excluding hydrogens is 613 g/mol. The number of hydrogen-bond acceptors (Lipinski definition) is 10. The third-order valence-corrected chi connectivity index (χ3v) is 8.48. The Morgan fingerprint density at radius 2 is 1.83 bits per heavy atom. The zero-order valence-corrected chi connectivity index (χ0v) is 27.2. The highest BCUT2D eigenvalue weighted by Crippen LogP contribution is 2.39. The third-order valence-electron chi connectivity index (χ3n) is 8.48. The lowest BCUT2D eigenvalue weighted by Gasteiger charge is -2.36. The lowest BCUT2D eigenvalue weighted by atomic mass is 10.0. The number of piperazine rings is 1. The van der Waals surface area contributed by atoms with Crippen molar-refractivity contribution in [3.63, 3.8) is 0 Å². The number of amides is 1. The van der Waals surface area contributed by atoms with Crippen molar-refractivity contribution in [1.29, 1.82) is 0 Å². The summed E-state index contributed by atoms with van der Waals surface area (Å²) in [7, 11) is 1.62. The molecule has 1 amide bonds. The van der Waals surface area contributed by atoms with E-state index < -0.39 is 0 Å². The highest BCUT2D eigenvalue weighted by Gasteiger charge is 2.28. The first kappa shape index (κ1) is 32.7. The van der Waals surface area contributed by atoms with Crippen LogP contribution in [0.15, 0.2) is 85.7 Å². The normalized spacial score (nSPS) is 16.4. The summed E-state index contributed by atoms with van der Waals surface area (Å²) in [5, 5.41) is 8.15. The van der Waals surface area contributed by atoms with Gasteiger partial charge >= 0.3 is 0 Å². The summed E-state index contributed by atoms with van der Waals surface area (Å²) in [6.07, 6.45) is 4.22. The number of ether oxygens (including phenoxy) is 2. The number of benzene rings is 3. The Balaban J connectivity index is 1.20. The highest BCUT2D eigenvalue weighted by molar-refractivity contribution is 6.02. The number of nitrogens with one attached hydrogen (secondary N) is 2. The second-order valence-corrected chi connectivity index (χ2v) is 11.6. The van der Waals surface area contributed by atoms with Crippen molar-refractivity contribution in [3.05, 3.63) is 97.1 Å². The Morgan fingerprint density at radius 1 is 1.04 bits per heavy atom. The van der Waals surface area contributed by atoms with Gasteiger partial charge in [-0.1, -0.05) is 31.7 Å². The highest BCUT2D eigenvalue weighted by atomic mass is 19.1. The number of aromatic nitrogens is 2. The van der Waals surface area contributed by atoms with Gasteiger partial charge in [0.15, 0.2) is 5.82 Å². The van der Waals surface area contributed by atoms with Crippen LogP contribution in [-0.4, -0.2) is 73.3 Å². The van der Waals surface area contributed by atoms with Crippen molar-refractivity contribution in [2.24, 2.45) is 0 Å². The average Bonchev–Trinajstić information content (AvgIpc) is 3.57. The molecule has 0 bridgehead atoms. The maximum absolute atomic E-state index is 13.7. The first-order valence-electron chi connectivity index (χ1n) is 16.1. The minimum absolute atomic E-state index is 0.0138. The van der Waals surface area contributed by atoms with Crippen molar-refractivity contribution in [2.75, 3.05) is 67.0 Å². The van der Waals surface area contributed by atoms with Gasteiger partial charge in [-0.05, 0) is 61.4 Å². The second-order valence-electron chi connectivity index (χ2n) is 11.6. The Morgan fingerprint density at radius 3 is 2.58 bits per heavy atom. The van der Waals surface area contributed by atoms with E-state index in [0.29, 0.717) is 53.3 Å². The SMILES string of the molecule is C=CC(=O)Nc1cc(Nc2cc(N3OCCC3Cc3cccc(Oc4cccc(F)c4)c3)ncn2)c(OC)cc1N1CCN(CC)CC1. The summed E-state index contributed by atoms with van der Waals surface area (Å²) < 4.78 is 25.4. The molecule has 11 nitrogen and oxygen atoms in total. The monoisotopic (exact) mass is 653 g/mol. The van der Waals surface area contributed by atoms with Gasteiger partial charge in [0, 0.05) is 44.4 Å². The molecule has 12 heteroatoms. The molecule has 2 saturated heterocycles. The molecule has 3 heterocycles. The van der Waals surface area contributed by atoms with Crippen molar-refractivity contribution < 1.29 is 23.5 Å². The van der Waals surface area contributed by atoms with Crippen LogP contribution in [-0.2, 0) is 16.1 Å². The maximum Gasteiger partial charge on any atom is 0.247 e. The summed E-state index contributed by atoms with van der Waals surface area (Å²) in [6.45, 7) is 10.9. The summed E-state index contributed by atoms with van der Waals surface area (Å²) in [5.74, 6) is 2.16. The largest absolute Gasteiger partial charge is 0.494 e. The van der Waals surface area contributed by atoms with Crippen molar-refractivity contribution in [1.82, 2.24) is 14.9 Å². The topological polar surface area (TPSA) is 104 Å². The van der Waals surface area contributed by atoms with E-state index in [1.54, 1.807) is 19.2 Å². The molecule has 1 atom stereocenters. The first-order chi connectivity index (χ1) is 23.4. The van der Waals surface area contributed by atoms with Gasteiger partial charge in [-0.15, -0.1) is 0 Å². The average molecular weight is 654 g/mol. The molecule has 2 fully saturated rings. The molecule has 0 radical (unpaired) electrons. The van der Waals surface area contributed by atoms with Gasteiger partial charge in [0.1, 0.15) is 35.2 Å². The van der Waals surface area contributed by atoms with E-state index in [-0.39, 0.29) is 17.8 Å². The fourth-order valence-corrected chi connectivity index (χ4v) is 5.98. The standard InChI is InChI=1S/C36H40FN7O4/c1-4-36(45)41-30-21-31(33(46-3)22-32(30)43-15-13-42(5-2)14-16-43)40-34-23-35(39-24-38-34)44-27(12-17-47-44)18-25-8-6-10-28(19-25)48-29-11-7-9-26(37)20-29/h4,6-11,19-24,27H,1,5,12-18H2,2-3H3,(H,41,45)(H,38,39,40). The quantitative estimate of drug-likeness (QED) is 0.172. The number of likely N-dealkylation sites (N-methyl/N-ethyl adjacent to an activating group) is 1. The van der Waals surface area contributed by atoms with E-state index in [9.17, 15) is 9.18 Å². The zero-order chi connectivity index (χ0) is 33.5. The molecule has 2 N–H and O–H groups in total. The van der Waals surface area contributed by atoms with Crippen molar-refractivity contribution >= 4 is 34.6 Å². The predicted octanol–water partition coefficient (Wildman–Crippen LogP) is 6.18.